The zero-order chi connectivity index (χ0) is 28.9. The fraction of sp³-hybridized carbons (Fsp3) is 0.0750. The monoisotopic (exact) mass is 553 g/mol. The summed E-state index contributed by atoms with van der Waals surface area (Å²) >= 11 is 0. The van der Waals surface area contributed by atoms with Crippen molar-refractivity contribution in [3.8, 4) is 16.8 Å². The van der Waals surface area contributed by atoms with Crippen LogP contribution >= 0.6 is 0 Å². The van der Waals surface area contributed by atoms with Gasteiger partial charge in [-0.3, -0.25) is 4.79 Å². The Balaban J connectivity index is 1.21. The number of carbonyl (C=O) groups is 1. The molecular weight excluding hydrogens is 526 g/mol. The standard InChI is InChI=1S/C40H27NO2/c1-40(2)33-12-6-3-11-31(33)38(42)32-20-17-25(23-34(32)40)24-15-18-26(19-16-24)41-35-13-7-4-9-27(35)29-21-22-30-28-10-5-8-14-36(28)43-39(30)37(29)41/h3-23H,1-2H3. The topological polar surface area (TPSA) is 35.1 Å². The number of nitrogens with zero attached hydrogens (tertiary/aromatic N) is 1. The Morgan fingerprint density at radius 2 is 1.26 bits per heavy atom. The average molecular weight is 554 g/mol. The molecule has 0 N–H and O–H groups in total. The molecule has 8 aromatic rings. The average Bonchev–Trinajstić information content (AvgIpc) is 3.60. The van der Waals surface area contributed by atoms with Crippen LogP contribution in [0.25, 0.3) is 60.6 Å². The summed E-state index contributed by atoms with van der Waals surface area (Å²) in [5, 5.41) is 4.62. The fourth-order valence-electron chi connectivity index (χ4n) is 7.26. The molecule has 0 bridgehead atoms. The van der Waals surface area contributed by atoms with E-state index in [2.05, 4.69) is 109 Å². The van der Waals surface area contributed by atoms with Crippen molar-refractivity contribution in [1.29, 1.82) is 0 Å². The molecule has 0 saturated heterocycles. The van der Waals surface area contributed by atoms with E-state index in [1.807, 2.05) is 36.4 Å². The Labute approximate surface area is 248 Å². The van der Waals surface area contributed by atoms with E-state index in [9.17, 15) is 4.79 Å². The Hall–Kier alpha value is -5.41. The highest BCUT2D eigenvalue weighted by molar-refractivity contribution is 6.21. The summed E-state index contributed by atoms with van der Waals surface area (Å²) in [7, 11) is 0. The highest BCUT2D eigenvalue weighted by Crippen LogP contribution is 2.43. The van der Waals surface area contributed by atoms with E-state index in [0.717, 1.165) is 72.0 Å². The third-order valence-electron chi connectivity index (χ3n) is 9.42. The molecule has 0 saturated carbocycles. The number of benzene rings is 6. The van der Waals surface area contributed by atoms with Crippen LogP contribution in [0.5, 0.6) is 0 Å². The summed E-state index contributed by atoms with van der Waals surface area (Å²) in [4.78, 5) is 13.4. The molecule has 3 heteroatoms. The molecule has 0 amide bonds. The van der Waals surface area contributed by atoms with Gasteiger partial charge in [0.1, 0.15) is 5.58 Å². The van der Waals surface area contributed by atoms with Crippen molar-refractivity contribution in [2.24, 2.45) is 0 Å². The van der Waals surface area contributed by atoms with Crippen molar-refractivity contribution in [3.05, 3.63) is 150 Å². The molecule has 9 rings (SSSR count). The largest absolute Gasteiger partial charge is 0.454 e. The molecule has 0 aliphatic heterocycles. The second-order valence-corrected chi connectivity index (χ2v) is 12.1. The van der Waals surface area contributed by atoms with Crippen molar-refractivity contribution >= 4 is 49.5 Å². The molecule has 1 aliphatic carbocycles. The lowest BCUT2D eigenvalue weighted by molar-refractivity contribution is 0.103. The molecule has 1 aliphatic rings. The first kappa shape index (κ1) is 24.2. The number of hydrogen-bond donors (Lipinski definition) is 0. The lowest BCUT2D eigenvalue weighted by Gasteiger charge is -2.34. The van der Waals surface area contributed by atoms with Gasteiger partial charge in [0.2, 0.25) is 0 Å². The minimum atomic E-state index is -0.267. The Morgan fingerprint density at radius 3 is 2.12 bits per heavy atom. The van der Waals surface area contributed by atoms with Gasteiger partial charge in [0.05, 0.1) is 11.0 Å². The number of carbonyl (C=O) groups excluding carboxylic acids is 1. The Kier molecular flexibility index (Phi) is 4.82. The number of para-hydroxylation sites is 2. The summed E-state index contributed by atoms with van der Waals surface area (Å²) in [6.45, 7) is 4.43. The van der Waals surface area contributed by atoms with Crippen molar-refractivity contribution < 1.29 is 9.21 Å². The van der Waals surface area contributed by atoms with Gasteiger partial charge in [-0.2, -0.15) is 0 Å². The first-order valence-electron chi connectivity index (χ1n) is 14.7. The fourth-order valence-corrected chi connectivity index (χ4v) is 7.26. The lowest BCUT2D eigenvalue weighted by Crippen LogP contribution is -2.30. The van der Waals surface area contributed by atoms with Gasteiger partial charge in [-0.15, -0.1) is 0 Å². The zero-order valence-electron chi connectivity index (χ0n) is 23.9. The predicted octanol–water partition coefficient (Wildman–Crippen LogP) is 10.2. The van der Waals surface area contributed by atoms with E-state index in [-0.39, 0.29) is 11.2 Å². The van der Waals surface area contributed by atoms with Crippen LogP contribution in [0.15, 0.2) is 132 Å². The third-order valence-corrected chi connectivity index (χ3v) is 9.42. The molecule has 0 radical (unpaired) electrons. The van der Waals surface area contributed by atoms with Gasteiger partial charge in [0.15, 0.2) is 11.4 Å². The highest BCUT2D eigenvalue weighted by atomic mass is 16.3. The van der Waals surface area contributed by atoms with E-state index in [0.29, 0.717) is 0 Å². The van der Waals surface area contributed by atoms with Crippen LogP contribution in [-0.2, 0) is 5.41 Å². The molecule has 0 spiro atoms. The predicted molar refractivity (Wildman–Crippen MR) is 175 cm³/mol. The van der Waals surface area contributed by atoms with Gasteiger partial charge in [-0.1, -0.05) is 105 Å². The van der Waals surface area contributed by atoms with E-state index in [4.69, 9.17) is 4.42 Å². The quantitative estimate of drug-likeness (QED) is 0.213. The highest BCUT2D eigenvalue weighted by Gasteiger charge is 2.36. The molecule has 204 valence electrons. The van der Waals surface area contributed by atoms with Crippen LogP contribution in [-0.4, -0.2) is 10.4 Å². The number of furan rings is 1. The van der Waals surface area contributed by atoms with Crippen LogP contribution in [0.3, 0.4) is 0 Å². The van der Waals surface area contributed by atoms with Gasteiger partial charge < -0.3 is 8.98 Å². The lowest BCUT2D eigenvalue weighted by atomic mass is 9.68. The molecule has 2 heterocycles. The van der Waals surface area contributed by atoms with Crippen LogP contribution in [0.2, 0.25) is 0 Å². The normalized spacial score (nSPS) is 14.0. The molecule has 3 nitrogen and oxygen atoms in total. The van der Waals surface area contributed by atoms with Gasteiger partial charge in [0.25, 0.3) is 0 Å². The van der Waals surface area contributed by atoms with Crippen LogP contribution in [0, 0.1) is 0 Å². The van der Waals surface area contributed by atoms with E-state index >= 15 is 0 Å². The maximum atomic E-state index is 13.4. The Morgan fingerprint density at radius 1 is 0.581 bits per heavy atom. The van der Waals surface area contributed by atoms with Crippen molar-refractivity contribution in [2.75, 3.05) is 0 Å². The number of aromatic nitrogens is 1. The summed E-state index contributed by atoms with van der Waals surface area (Å²) in [5.74, 6) is 0.107. The SMILES string of the molecule is CC1(C)c2ccccc2C(=O)c2ccc(-c3ccc(-n4c5ccccc5c5ccc6c7ccccc7oc6c54)cc3)cc21. The molecule has 0 fully saturated rings. The first-order chi connectivity index (χ1) is 21.0. The molecule has 6 aromatic carbocycles. The second-order valence-electron chi connectivity index (χ2n) is 12.1. The minimum absolute atomic E-state index is 0.107. The van der Waals surface area contributed by atoms with Gasteiger partial charge in [0, 0.05) is 43.8 Å². The van der Waals surface area contributed by atoms with Gasteiger partial charge >= 0.3 is 0 Å². The summed E-state index contributed by atoms with van der Waals surface area (Å²) in [6, 6.07) is 44.2. The summed E-state index contributed by atoms with van der Waals surface area (Å²) in [5.41, 5.74) is 10.8. The van der Waals surface area contributed by atoms with Gasteiger partial charge in [-0.05, 0) is 58.7 Å². The van der Waals surface area contributed by atoms with E-state index in [1.165, 1.54) is 10.8 Å². The maximum Gasteiger partial charge on any atom is 0.193 e. The molecule has 43 heavy (non-hydrogen) atoms. The smallest absolute Gasteiger partial charge is 0.193 e. The van der Waals surface area contributed by atoms with Crippen LogP contribution in [0.1, 0.15) is 40.9 Å². The number of fused-ring (bicyclic) bond motifs is 9. The Bertz CT molecular complexity index is 2440. The third kappa shape index (κ3) is 3.28. The second kappa shape index (κ2) is 8.56. The maximum absolute atomic E-state index is 13.4. The molecular formula is C40H27NO2. The van der Waals surface area contributed by atoms with Crippen molar-refractivity contribution in [3.63, 3.8) is 0 Å². The molecule has 2 aromatic heterocycles. The molecule has 0 atom stereocenters. The zero-order valence-corrected chi connectivity index (χ0v) is 23.9. The van der Waals surface area contributed by atoms with E-state index in [1.54, 1.807) is 0 Å². The number of hydrogen-bond acceptors (Lipinski definition) is 2. The van der Waals surface area contributed by atoms with Crippen molar-refractivity contribution in [2.45, 2.75) is 19.3 Å². The molecule has 0 unspecified atom stereocenters. The first-order valence-corrected chi connectivity index (χ1v) is 14.7. The van der Waals surface area contributed by atoms with E-state index < -0.39 is 0 Å². The number of rotatable bonds is 2. The van der Waals surface area contributed by atoms with Crippen LogP contribution in [0.4, 0.5) is 0 Å². The number of ketones is 1. The van der Waals surface area contributed by atoms with Crippen LogP contribution < -0.4 is 0 Å². The van der Waals surface area contributed by atoms with Crippen molar-refractivity contribution in [1.82, 2.24) is 4.57 Å². The summed E-state index contributed by atoms with van der Waals surface area (Å²) < 4.78 is 8.83. The summed E-state index contributed by atoms with van der Waals surface area (Å²) in [6.07, 6.45) is 0. The van der Waals surface area contributed by atoms with Gasteiger partial charge in [-0.25, -0.2) is 0 Å². The minimum Gasteiger partial charge on any atom is -0.454 e.